The van der Waals surface area contributed by atoms with Crippen molar-refractivity contribution in [3.63, 3.8) is 0 Å². The van der Waals surface area contributed by atoms with Crippen molar-refractivity contribution in [2.24, 2.45) is 5.73 Å². The summed E-state index contributed by atoms with van der Waals surface area (Å²) in [5.41, 5.74) is 9.91. The summed E-state index contributed by atoms with van der Waals surface area (Å²) < 4.78 is 17.3. The number of hydrogen-bond acceptors (Lipinski definition) is 7. The number of nitriles is 1. The van der Waals surface area contributed by atoms with E-state index in [4.69, 9.17) is 19.9 Å². The number of anilines is 2. The van der Waals surface area contributed by atoms with Crippen molar-refractivity contribution in [1.82, 2.24) is 4.98 Å². The molecule has 3 amide bonds. The van der Waals surface area contributed by atoms with Gasteiger partial charge in [-0.1, -0.05) is 51.1 Å². The van der Waals surface area contributed by atoms with Crippen molar-refractivity contribution in [3.8, 4) is 29.1 Å². The second-order valence-corrected chi connectivity index (χ2v) is 12.3. The van der Waals surface area contributed by atoms with Crippen LogP contribution in [0.3, 0.4) is 0 Å². The van der Waals surface area contributed by atoms with Crippen molar-refractivity contribution in [2.45, 2.75) is 39.0 Å². The summed E-state index contributed by atoms with van der Waals surface area (Å²) in [6.45, 7) is 6.13. The van der Waals surface area contributed by atoms with Gasteiger partial charge >= 0.3 is 6.03 Å². The third-order valence-corrected chi connectivity index (χ3v) is 7.71. The zero-order valence-corrected chi connectivity index (χ0v) is 27.5. The van der Waals surface area contributed by atoms with Gasteiger partial charge in [0.25, 0.3) is 0 Å². The van der Waals surface area contributed by atoms with E-state index in [1.807, 2.05) is 75.4 Å². The van der Waals surface area contributed by atoms with Gasteiger partial charge in [0.1, 0.15) is 23.0 Å². The van der Waals surface area contributed by atoms with Gasteiger partial charge in [0.05, 0.1) is 43.6 Å². The topological polar surface area (TPSA) is 149 Å². The van der Waals surface area contributed by atoms with E-state index >= 15 is 0 Å². The minimum atomic E-state index is -0.502. The Labute approximate surface area is 279 Å². The Morgan fingerprint density at radius 2 is 1.62 bits per heavy atom. The molecule has 0 fully saturated rings. The first kappa shape index (κ1) is 33.3. The summed E-state index contributed by atoms with van der Waals surface area (Å²) in [7, 11) is 3.05. The normalized spacial score (nSPS) is 11.0. The fraction of sp³-hybridized carbons (Fsp3) is 0.211. The van der Waals surface area contributed by atoms with Crippen molar-refractivity contribution in [2.75, 3.05) is 24.9 Å². The number of rotatable bonds is 10. The number of primary amides is 1. The van der Waals surface area contributed by atoms with Crippen LogP contribution in [-0.4, -0.2) is 31.1 Å². The van der Waals surface area contributed by atoms with Crippen LogP contribution in [0.4, 0.5) is 16.2 Å². The zero-order valence-electron chi connectivity index (χ0n) is 27.5. The van der Waals surface area contributed by atoms with E-state index < -0.39 is 11.9 Å². The van der Waals surface area contributed by atoms with Gasteiger partial charge in [-0.15, -0.1) is 0 Å². The third kappa shape index (κ3) is 7.82. The van der Waals surface area contributed by atoms with Crippen LogP contribution >= 0.6 is 0 Å². The second kappa shape index (κ2) is 14.1. The molecule has 0 unspecified atom stereocenters. The second-order valence-electron chi connectivity index (χ2n) is 12.3. The lowest BCUT2D eigenvalue weighted by Gasteiger charge is -2.23. The molecule has 0 saturated heterocycles. The number of pyridine rings is 1. The molecule has 4 aromatic carbocycles. The molecule has 244 valence electrons. The van der Waals surface area contributed by atoms with Gasteiger partial charge in [-0.25, -0.2) is 4.79 Å². The molecule has 0 aliphatic carbocycles. The Hall–Kier alpha value is -6.08. The molecular weight excluding hydrogens is 606 g/mol. The summed E-state index contributed by atoms with van der Waals surface area (Å²) in [6.07, 6.45) is 2.13. The molecule has 0 saturated carbocycles. The highest BCUT2D eigenvalue weighted by Gasteiger charge is 2.22. The standard InChI is InChI=1S/C38H37N5O5/c1-38(2,3)26-18-25(19-35(40)44)36(47-5)33(20-26)43-37(45)42-32-10-11-34(31-9-7-6-8-30(31)32)48-28-12-13-41-27(21-28)15-23-14-24(22-39)17-29(16-23)46-4/h6-14,16-18,20-21H,15,19H2,1-5H3,(H2,40,44)(H2,42,43,45). The highest BCUT2D eigenvalue weighted by molar-refractivity contribution is 6.08. The number of aromatic nitrogens is 1. The van der Waals surface area contributed by atoms with Crippen LogP contribution in [0.2, 0.25) is 0 Å². The Kier molecular flexibility index (Phi) is 9.80. The molecule has 0 spiro atoms. The molecule has 48 heavy (non-hydrogen) atoms. The summed E-state index contributed by atoms with van der Waals surface area (Å²) in [5.74, 6) is 1.66. The van der Waals surface area contributed by atoms with Gasteiger partial charge in [0, 0.05) is 40.7 Å². The first-order valence-electron chi connectivity index (χ1n) is 15.3. The maximum Gasteiger partial charge on any atom is 0.323 e. The average molecular weight is 644 g/mol. The minimum absolute atomic E-state index is 0.0302. The van der Waals surface area contributed by atoms with Crippen LogP contribution in [0.1, 0.15) is 48.7 Å². The van der Waals surface area contributed by atoms with Crippen LogP contribution in [0.15, 0.2) is 85.1 Å². The zero-order chi connectivity index (χ0) is 34.4. The molecule has 1 aromatic heterocycles. The number of benzene rings is 4. The van der Waals surface area contributed by atoms with E-state index in [-0.39, 0.29) is 11.8 Å². The summed E-state index contributed by atoms with van der Waals surface area (Å²) >= 11 is 0. The Morgan fingerprint density at radius 3 is 2.31 bits per heavy atom. The van der Waals surface area contributed by atoms with E-state index in [2.05, 4.69) is 21.7 Å². The molecular formula is C38H37N5O5. The Morgan fingerprint density at radius 1 is 0.875 bits per heavy atom. The predicted molar refractivity (Wildman–Crippen MR) is 186 cm³/mol. The molecule has 0 aliphatic heterocycles. The quantitative estimate of drug-likeness (QED) is 0.143. The lowest BCUT2D eigenvalue weighted by molar-refractivity contribution is -0.117. The number of carbonyl (C=O) groups excluding carboxylic acids is 2. The summed E-state index contributed by atoms with van der Waals surface area (Å²) in [6, 6.07) is 25.6. The van der Waals surface area contributed by atoms with E-state index in [0.29, 0.717) is 51.9 Å². The molecule has 1 heterocycles. The van der Waals surface area contributed by atoms with Crippen molar-refractivity contribution in [1.29, 1.82) is 5.26 Å². The maximum atomic E-state index is 13.4. The van der Waals surface area contributed by atoms with Crippen LogP contribution in [-0.2, 0) is 23.1 Å². The third-order valence-electron chi connectivity index (χ3n) is 7.71. The predicted octanol–water partition coefficient (Wildman–Crippen LogP) is 7.48. The first-order valence-corrected chi connectivity index (χ1v) is 15.3. The van der Waals surface area contributed by atoms with Crippen molar-refractivity contribution in [3.05, 3.63) is 113 Å². The first-order chi connectivity index (χ1) is 23.0. The van der Waals surface area contributed by atoms with Crippen molar-refractivity contribution < 1.29 is 23.8 Å². The minimum Gasteiger partial charge on any atom is -0.497 e. The summed E-state index contributed by atoms with van der Waals surface area (Å²) in [5, 5.41) is 16.8. The highest BCUT2D eigenvalue weighted by atomic mass is 16.5. The smallest absolute Gasteiger partial charge is 0.323 e. The van der Waals surface area contributed by atoms with Gasteiger partial charge in [0.15, 0.2) is 0 Å². The van der Waals surface area contributed by atoms with E-state index in [0.717, 1.165) is 27.6 Å². The van der Waals surface area contributed by atoms with E-state index in [1.165, 1.54) is 7.11 Å². The number of ether oxygens (including phenoxy) is 3. The van der Waals surface area contributed by atoms with Crippen LogP contribution < -0.4 is 30.6 Å². The van der Waals surface area contributed by atoms with Gasteiger partial charge in [-0.2, -0.15) is 5.26 Å². The molecule has 0 bridgehead atoms. The SMILES string of the molecule is COc1cc(C#N)cc(Cc2cc(Oc3ccc(NC(=O)Nc4cc(C(C)(C)C)cc(CC(N)=O)c4OC)c4ccccc34)ccn2)c1. The highest BCUT2D eigenvalue weighted by Crippen LogP contribution is 2.37. The molecule has 5 rings (SSSR count). The fourth-order valence-electron chi connectivity index (χ4n) is 5.42. The van der Waals surface area contributed by atoms with Gasteiger partial charge in [-0.05, 0) is 59.0 Å². The number of fused-ring (bicyclic) bond motifs is 1. The van der Waals surface area contributed by atoms with Crippen LogP contribution in [0.25, 0.3) is 10.8 Å². The number of nitrogens with one attached hydrogen (secondary N) is 2. The Bertz CT molecular complexity index is 2040. The molecule has 0 atom stereocenters. The van der Waals surface area contributed by atoms with Crippen molar-refractivity contribution >= 4 is 34.1 Å². The monoisotopic (exact) mass is 643 g/mol. The average Bonchev–Trinajstić information content (AvgIpc) is 3.05. The molecule has 5 aromatic rings. The number of nitrogens with zero attached hydrogens (tertiary/aromatic N) is 2. The summed E-state index contributed by atoms with van der Waals surface area (Å²) in [4.78, 5) is 29.7. The lowest BCUT2D eigenvalue weighted by atomic mass is 9.85. The van der Waals surface area contributed by atoms with E-state index in [9.17, 15) is 14.9 Å². The fourth-order valence-corrected chi connectivity index (χ4v) is 5.42. The van der Waals surface area contributed by atoms with Gasteiger partial charge < -0.3 is 30.6 Å². The van der Waals surface area contributed by atoms with E-state index in [1.54, 1.807) is 37.6 Å². The van der Waals surface area contributed by atoms with Gasteiger partial charge in [-0.3, -0.25) is 9.78 Å². The molecule has 10 nitrogen and oxygen atoms in total. The molecule has 0 aliphatic rings. The number of nitrogens with two attached hydrogens (primary N) is 1. The number of urea groups is 1. The number of amides is 3. The molecule has 10 heteroatoms. The maximum absolute atomic E-state index is 13.4. The number of hydrogen-bond donors (Lipinski definition) is 3. The number of methoxy groups -OCH3 is 2. The van der Waals surface area contributed by atoms with Crippen LogP contribution in [0.5, 0.6) is 23.0 Å². The molecule has 0 radical (unpaired) electrons. The van der Waals surface area contributed by atoms with Crippen LogP contribution in [0, 0.1) is 11.3 Å². The Balaban J connectivity index is 1.39. The number of carbonyl (C=O) groups is 2. The van der Waals surface area contributed by atoms with Gasteiger partial charge in [0.2, 0.25) is 5.91 Å². The lowest BCUT2D eigenvalue weighted by Crippen LogP contribution is -2.22. The largest absolute Gasteiger partial charge is 0.497 e. The molecule has 4 N–H and O–H groups in total.